The molecule has 122 valence electrons. The van der Waals surface area contributed by atoms with Gasteiger partial charge in [0.2, 0.25) is 5.91 Å². The Labute approximate surface area is 139 Å². The highest BCUT2D eigenvalue weighted by molar-refractivity contribution is 5.85. The van der Waals surface area contributed by atoms with E-state index in [1.165, 1.54) is 30.4 Å². The number of nitrogens with zero attached hydrogens (tertiary/aromatic N) is 1. The highest BCUT2D eigenvalue weighted by Gasteiger charge is 2.36. The summed E-state index contributed by atoms with van der Waals surface area (Å²) < 4.78 is 0. The van der Waals surface area contributed by atoms with E-state index in [0.717, 1.165) is 25.8 Å². The van der Waals surface area contributed by atoms with Crippen molar-refractivity contribution in [1.29, 1.82) is 0 Å². The topological polar surface area (TPSA) is 46.3 Å². The van der Waals surface area contributed by atoms with Crippen LogP contribution in [-0.2, 0) is 11.2 Å². The molecule has 0 bridgehead atoms. The van der Waals surface area contributed by atoms with E-state index < -0.39 is 0 Å². The largest absolute Gasteiger partial charge is 0.339 e. The molecule has 0 spiro atoms. The van der Waals surface area contributed by atoms with Gasteiger partial charge < -0.3 is 10.6 Å². The molecule has 3 nitrogen and oxygen atoms in total. The van der Waals surface area contributed by atoms with E-state index in [2.05, 4.69) is 29.2 Å². The Hall–Kier alpha value is -1.06. The Bertz CT molecular complexity index is 506. The normalized spacial score (nSPS) is 23.8. The summed E-state index contributed by atoms with van der Waals surface area (Å²) in [5.41, 5.74) is 8.53. The number of likely N-dealkylation sites (tertiary alicyclic amines) is 1. The zero-order valence-electron chi connectivity index (χ0n) is 13.2. The Kier molecular flexibility index (Phi) is 6.27. The molecule has 0 radical (unpaired) electrons. The van der Waals surface area contributed by atoms with Crippen LogP contribution in [0.15, 0.2) is 24.3 Å². The second kappa shape index (κ2) is 7.98. The van der Waals surface area contributed by atoms with Crippen molar-refractivity contribution >= 4 is 18.3 Å². The minimum absolute atomic E-state index is 0. The Balaban J connectivity index is 0.00000176. The van der Waals surface area contributed by atoms with Gasteiger partial charge in [-0.3, -0.25) is 4.79 Å². The first-order chi connectivity index (χ1) is 10.3. The smallest absolute Gasteiger partial charge is 0.222 e. The fourth-order valence-corrected chi connectivity index (χ4v) is 4.11. The van der Waals surface area contributed by atoms with Gasteiger partial charge in [-0.25, -0.2) is 0 Å². The molecule has 1 aliphatic heterocycles. The average molecular weight is 323 g/mol. The van der Waals surface area contributed by atoms with Crippen LogP contribution in [0.4, 0.5) is 0 Å². The molecule has 1 fully saturated rings. The maximum absolute atomic E-state index is 12.4. The van der Waals surface area contributed by atoms with E-state index in [9.17, 15) is 4.79 Å². The summed E-state index contributed by atoms with van der Waals surface area (Å²) in [6.45, 7) is 1.54. The van der Waals surface area contributed by atoms with Crippen molar-refractivity contribution in [3.05, 3.63) is 35.4 Å². The Morgan fingerprint density at radius 2 is 2.05 bits per heavy atom. The van der Waals surface area contributed by atoms with Gasteiger partial charge in [0, 0.05) is 24.9 Å². The number of hydrogen-bond donors (Lipinski definition) is 1. The van der Waals surface area contributed by atoms with Gasteiger partial charge in [-0.15, -0.1) is 12.4 Å². The lowest BCUT2D eigenvalue weighted by Gasteiger charge is -2.35. The second-order valence-electron chi connectivity index (χ2n) is 6.39. The number of aryl methyl sites for hydroxylation is 1. The van der Waals surface area contributed by atoms with Gasteiger partial charge in [0.05, 0.1) is 0 Å². The molecule has 1 aliphatic carbocycles. The number of rotatable bonds is 4. The molecule has 3 rings (SSSR count). The molecule has 1 saturated heterocycles. The van der Waals surface area contributed by atoms with Crippen LogP contribution in [0.1, 0.15) is 55.6 Å². The summed E-state index contributed by atoms with van der Waals surface area (Å²) in [5, 5.41) is 0. The summed E-state index contributed by atoms with van der Waals surface area (Å²) in [6, 6.07) is 9.24. The van der Waals surface area contributed by atoms with E-state index in [1.54, 1.807) is 0 Å². The van der Waals surface area contributed by atoms with E-state index in [1.807, 2.05) is 0 Å². The van der Waals surface area contributed by atoms with Crippen LogP contribution < -0.4 is 5.73 Å². The summed E-state index contributed by atoms with van der Waals surface area (Å²) in [7, 11) is 0. The van der Waals surface area contributed by atoms with Crippen molar-refractivity contribution in [1.82, 2.24) is 4.90 Å². The molecular weight excluding hydrogens is 296 g/mol. The van der Waals surface area contributed by atoms with Crippen LogP contribution in [0.25, 0.3) is 0 Å². The third kappa shape index (κ3) is 3.47. The lowest BCUT2D eigenvalue weighted by molar-refractivity contribution is -0.132. The van der Waals surface area contributed by atoms with Gasteiger partial charge >= 0.3 is 0 Å². The number of carbonyl (C=O) groups is 1. The Morgan fingerprint density at radius 3 is 2.86 bits per heavy atom. The number of nitrogens with two attached hydrogens (primary N) is 1. The van der Waals surface area contributed by atoms with Crippen molar-refractivity contribution in [3.8, 4) is 0 Å². The van der Waals surface area contributed by atoms with Gasteiger partial charge in [-0.2, -0.15) is 0 Å². The molecule has 1 heterocycles. The van der Waals surface area contributed by atoms with Crippen molar-refractivity contribution in [3.63, 3.8) is 0 Å². The van der Waals surface area contributed by atoms with Crippen molar-refractivity contribution in [2.24, 2.45) is 5.73 Å². The third-order valence-corrected chi connectivity index (χ3v) is 5.09. The summed E-state index contributed by atoms with van der Waals surface area (Å²) in [4.78, 5) is 14.6. The number of benzene rings is 1. The van der Waals surface area contributed by atoms with E-state index in [-0.39, 0.29) is 12.4 Å². The van der Waals surface area contributed by atoms with Gasteiger partial charge in [-0.05, 0) is 56.2 Å². The van der Waals surface area contributed by atoms with Crippen molar-refractivity contribution in [2.75, 3.05) is 13.1 Å². The zero-order chi connectivity index (χ0) is 14.7. The predicted molar refractivity (Wildman–Crippen MR) is 92.4 cm³/mol. The molecule has 0 saturated carbocycles. The average Bonchev–Trinajstić information content (AvgIpc) is 3.01. The lowest BCUT2D eigenvalue weighted by atomic mass is 9.78. The fraction of sp³-hybridized carbons (Fsp3) is 0.611. The maximum Gasteiger partial charge on any atom is 0.222 e. The standard InChI is InChI=1S/C18H26N2O.ClH/c19-12-4-11-18(21)20-13-5-10-17(20)16-9-3-7-14-6-1-2-8-15(14)16;/h1-2,6,8,16-17H,3-5,7,9-13,19H2;1H. The number of fused-ring (bicyclic) bond motifs is 1. The quantitative estimate of drug-likeness (QED) is 0.925. The molecule has 22 heavy (non-hydrogen) atoms. The van der Waals surface area contributed by atoms with Crippen LogP contribution in [-0.4, -0.2) is 29.9 Å². The van der Waals surface area contributed by atoms with E-state index in [0.29, 0.717) is 30.8 Å². The summed E-state index contributed by atoms with van der Waals surface area (Å²) in [5.74, 6) is 0.852. The minimum Gasteiger partial charge on any atom is -0.339 e. The molecular formula is C18H27ClN2O. The predicted octanol–water partition coefficient (Wildman–Crippen LogP) is 3.26. The van der Waals surface area contributed by atoms with Crippen molar-refractivity contribution < 1.29 is 4.79 Å². The van der Waals surface area contributed by atoms with Gasteiger partial charge in [0.25, 0.3) is 0 Å². The van der Waals surface area contributed by atoms with Gasteiger partial charge in [0.1, 0.15) is 0 Å². The number of halogens is 1. The maximum atomic E-state index is 12.4. The van der Waals surface area contributed by atoms with Crippen LogP contribution >= 0.6 is 12.4 Å². The fourth-order valence-electron chi connectivity index (χ4n) is 4.11. The molecule has 2 N–H and O–H groups in total. The SMILES string of the molecule is Cl.NCCCC(=O)N1CCCC1C1CCCc2ccccc21. The molecule has 1 aromatic rings. The molecule has 1 amide bonds. The van der Waals surface area contributed by atoms with Crippen LogP contribution in [0, 0.1) is 0 Å². The highest BCUT2D eigenvalue weighted by Crippen LogP contribution is 2.39. The highest BCUT2D eigenvalue weighted by atomic mass is 35.5. The Morgan fingerprint density at radius 1 is 1.23 bits per heavy atom. The monoisotopic (exact) mass is 322 g/mol. The van der Waals surface area contributed by atoms with Crippen molar-refractivity contribution in [2.45, 2.75) is 56.9 Å². The number of carbonyl (C=O) groups excluding carboxylic acids is 1. The molecule has 1 aromatic carbocycles. The second-order valence-corrected chi connectivity index (χ2v) is 6.39. The molecule has 4 heteroatoms. The summed E-state index contributed by atoms with van der Waals surface area (Å²) >= 11 is 0. The van der Waals surface area contributed by atoms with E-state index in [4.69, 9.17) is 5.73 Å². The first-order valence-electron chi connectivity index (χ1n) is 8.38. The lowest BCUT2D eigenvalue weighted by Crippen LogP contribution is -2.40. The zero-order valence-corrected chi connectivity index (χ0v) is 14.0. The van der Waals surface area contributed by atoms with Crippen LogP contribution in [0.2, 0.25) is 0 Å². The first-order valence-corrected chi connectivity index (χ1v) is 8.38. The molecule has 0 aromatic heterocycles. The first kappa shape index (κ1) is 17.3. The third-order valence-electron chi connectivity index (χ3n) is 5.09. The minimum atomic E-state index is 0. The van der Waals surface area contributed by atoms with Crippen LogP contribution in [0.5, 0.6) is 0 Å². The van der Waals surface area contributed by atoms with Gasteiger partial charge in [-0.1, -0.05) is 24.3 Å². The van der Waals surface area contributed by atoms with Gasteiger partial charge in [0.15, 0.2) is 0 Å². The van der Waals surface area contributed by atoms with E-state index >= 15 is 0 Å². The number of hydrogen-bond acceptors (Lipinski definition) is 2. The number of amides is 1. The molecule has 2 atom stereocenters. The van der Waals surface area contributed by atoms with Crippen LogP contribution in [0.3, 0.4) is 0 Å². The summed E-state index contributed by atoms with van der Waals surface area (Å²) in [6.07, 6.45) is 7.40. The molecule has 2 unspecified atom stereocenters. The molecule has 2 aliphatic rings.